The number of hydrogen-bond acceptors (Lipinski definition) is 3. The zero-order chi connectivity index (χ0) is 12.1. The molecule has 0 aliphatic heterocycles. The highest BCUT2D eigenvalue weighted by molar-refractivity contribution is 5.14. The number of imidazole rings is 1. The van der Waals surface area contributed by atoms with E-state index in [2.05, 4.69) is 23.3 Å². The van der Waals surface area contributed by atoms with Gasteiger partial charge >= 0.3 is 0 Å². The number of nitrogens with zero attached hydrogens (tertiary/aromatic N) is 3. The highest BCUT2D eigenvalue weighted by atomic mass is 15.1. The molecule has 4 nitrogen and oxygen atoms in total. The average Bonchev–Trinajstić information content (AvgIpc) is 2.85. The van der Waals surface area contributed by atoms with Gasteiger partial charge in [-0.3, -0.25) is 5.32 Å². The van der Waals surface area contributed by atoms with Crippen LogP contribution in [0, 0.1) is 11.3 Å². The number of nitrogens with one attached hydrogen (secondary N) is 1. The van der Waals surface area contributed by atoms with E-state index in [4.69, 9.17) is 0 Å². The summed E-state index contributed by atoms with van der Waals surface area (Å²) in [5.41, 5.74) is 0.987. The summed E-state index contributed by atoms with van der Waals surface area (Å²) in [6.07, 6.45) is 9.88. The van der Waals surface area contributed by atoms with Crippen LogP contribution in [0.1, 0.15) is 50.8 Å². The maximum absolute atomic E-state index is 9.29. The van der Waals surface area contributed by atoms with Crippen molar-refractivity contribution in [2.75, 3.05) is 0 Å². The monoisotopic (exact) mass is 232 g/mol. The van der Waals surface area contributed by atoms with Gasteiger partial charge in [0, 0.05) is 12.6 Å². The second kappa shape index (κ2) is 5.83. The average molecular weight is 232 g/mol. The molecule has 92 valence electrons. The number of aromatic nitrogens is 2. The lowest BCUT2D eigenvalue weighted by molar-refractivity contribution is 0.355. The summed E-state index contributed by atoms with van der Waals surface area (Å²) < 4.78 is 2.03. The van der Waals surface area contributed by atoms with E-state index in [9.17, 15) is 5.26 Å². The van der Waals surface area contributed by atoms with Crippen molar-refractivity contribution in [3.63, 3.8) is 0 Å². The standard InChI is InChI=1S/C13H20N4/c1-2-17-10-15-9-13(17)12(8-14)16-11-6-4-3-5-7-11/h9-12,16H,2-7H2,1H3. The second-order valence-electron chi connectivity index (χ2n) is 4.67. The summed E-state index contributed by atoms with van der Waals surface area (Å²) in [7, 11) is 0. The van der Waals surface area contributed by atoms with E-state index in [1.165, 1.54) is 32.1 Å². The Labute approximate surface area is 103 Å². The molecule has 1 unspecified atom stereocenters. The van der Waals surface area contributed by atoms with Crippen molar-refractivity contribution in [1.29, 1.82) is 5.26 Å². The normalized spacial score (nSPS) is 18.8. The van der Waals surface area contributed by atoms with Crippen molar-refractivity contribution in [3.8, 4) is 6.07 Å². The number of nitriles is 1. The van der Waals surface area contributed by atoms with Gasteiger partial charge in [0.25, 0.3) is 0 Å². The third kappa shape index (κ3) is 2.86. The van der Waals surface area contributed by atoms with Gasteiger partial charge in [-0.15, -0.1) is 0 Å². The van der Waals surface area contributed by atoms with Crippen LogP contribution in [0.15, 0.2) is 12.5 Å². The van der Waals surface area contributed by atoms with Crippen LogP contribution in [0.25, 0.3) is 0 Å². The minimum absolute atomic E-state index is 0.222. The first-order valence-electron chi connectivity index (χ1n) is 6.51. The van der Waals surface area contributed by atoms with Gasteiger partial charge < -0.3 is 4.57 Å². The van der Waals surface area contributed by atoms with Gasteiger partial charge in [0.15, 0.2) is 0 Å². The molecule has 1 N–H and O–H groups in total. The quantitative estimate of drug-likeness (QED) is 0.867. The molecule has 1 atom stereocenters. The third-order valence-electron chi connectivity index (χ3n) is 3.52. The fraction of sp³-hybridized carbons (Fsp3) is 0.692. The zero-order valence-electron chi connectivity index (χ0n) is 10.4. The molecule has 0 radical (unpaired) electrons. The molecule has 0 bridgehead atoms. The van der Waals surface area contributed by atoms with Crippen LogP contribution in [0.5, 0.6) is 0 Å². The summed E-state index contributed by atoms with van der Waals surface area (Å²) >= 11 is 0. The zero-order valence-corrected chi connectivity index (χ0v) is 10.4. The molecular formula is C13H20N4. The van der Waals surface area contributed by atoms with E-state index in [1.807, 2.05) is 4.57 Å². The Balaban J connectivity index is 2.03. The largest absolute Gasteiger partial charge is 0.333 e. The van der Waals surface area contributed by atoms with Gasteiger partial charge in [0.05, 0.1) is 24.3 Å². The lowest BCUT2D eigenvalue weighted by atomic mass is 9.95. The predicted molar refractivity (Wildman–Crippen MR) is 66.3 cm³/mol. The molecule has 0 aromatic carbocycles. The maximum Gasteiger partial charge on any atom is 0.138 e. The molecule has 17 heavy (non-hydrogen) atoms. The van der Waals surface area contributed by atoms with Gasteiger partial charge in [-0.1, -0.05) is 19.3 Å². The maximum atomic E-state index is 9.29. The van der Waals surface area contributed by atoms with E-state index in [1.54, 1.807) is 12.5 Å². The molecule has 1 fully saturated rings. The molecule has 1 aliphatic rings. The Morgan fingerprint density at radius 3 is 2.94 bits per heavy atom. The molecule has 1 aliphatic carbocycles. The Morgan fingerprint density at radius 2 is 2.29 bits per heavy atom. The molecule has 1 aromatic rings. The van der Waals surface area contributed by atoms with Gasteiger partial charge in [0.2, 0.25) is 0 Å². The van der Waals surface area contributed by atoms with Crippen LogP contribution in [-0.2, 0) is 6.54 Å². The van der Waals surface area contributed by atoms with E-state index in [-0.39, 0.29) is 6.04 Å². The van der Waals surface area contributed by atoms with Crippen LogP contribution >= 0.6 is 0 Å². The lowest BCUT2D eigenvalue weighted by Crippen LogP contribution is -2.34. The van der Waals surface area contributed by atoms with Crippen molar-refractivity contribution in [2.24, 2.45) is 0 Å². The first-order valence-corrected chi connectivity index (χ1v) is 6.51. The van der Waals surface area contributed by atoms with Crippen LogP contribution in [0.4, 0.5) is 0 Å². The minimum Gasteiger partial charge on any atom is -0.333 e. The van der Waals surface area contributed by atoms with Crippen molar-refractivity contribution in [1.82, 2.24) is 14.9 Å². The van der Waals surface area contributed by atoms with Crippen LogP contribution < -0.4 is 5.32 Å². The third-order valence-corrected chi connectivity index (χ3v) is 3.52. The van der Waals surface area contributed by atoms with E-state index < -0.39 is 0 Å². The molecule has 1 heterocycles. The minimum atomic E-state index is -0.222. The fourth-order valence-electron chi connectivity index (χ4n) is 2.53. The Morgan fingerprint density at radius 1 is 1.53 bits per heavy atom. The van der Waals surface area contributed by atoms with Gasteiger partial charge in [-0.05, 0) is 19.8 Å². The molecular weight excluding hydrogens is 212 g/mol. The Bertz CT molecular complexity index is 384. The smallest absolute Gasteiger partial charge is 0.138 e. The van der Waals surface area contributed by atoms with Gasteiger partial charge in [-0.25, -0.2) is 4.98 Å². The topological polar surface area (TPSA) is 53.6 Å². The Kier molecular flexibility index (Phi) is 4.16. The van der Waals surface area contributed by atoms with Crippen LogP contribution in [0.3, 0.4) is 0 Å². The second-order valence-corrected chi connectivity index (χ2v) is 4.67. The number of rotatable bonds is 4. The highest BCUT2D eigenvalue weighted by Gasteiger charge is 2.20. The molecule has 0 saturated heterocycles. The number of hydrogen-bond donors (Lipinski definition) is 1. The molecule has 0 spiro atoms. The van der Waals surface area contributed by atoms with Crippen molar-refractivity contribution < 1.29 is 0 Å². The van der Waals surface area contributed by atoms with Gasteiger partial charge in [-0.2, -0.15) is 5.26 Å². The molecule has 1 saturated carbocycles. The van der Waals surface area contributed by atoms with Crippen LogP contribution in [-0.4, -0.2) is 15.6 Å². The summed E-state index contributed by atoms with van der Waals surface area (Å²) in [5, 5.41) is 12.8. The molecule has 0 amide bonds. The first-order chi connectivity index (χ1) is 8.35. The molecule has 2 rings (SSSR count). The molecule has 1 aromatic heterocycles. The van der Waals surface area contributed by atoms with Crippen LogP contribution in [0.2, 0.25) is 0 Å². The highest BCUT2D eigenvalue weighted by Crippen LogP contribution is 2.21. The summed E-state index contributed by atoms with van der Waals surface area (Å²) in [5.74, 6) is 0. The SMILES string of the molecule is CCn1cncc1C(C#N)NC1CCCCC1. The van der Waals surface area contributed by atoms with E-state index in [0.29, 0.717) is 6.04 Å². The van der Waals surface area contributed by atoms with Crippen molar-refractivity contribution >= 4 is 0 Å². The summed E-state index contributed by atoms with van der Waals surface area (Å²) in [6.45, 7) is 2.93. The van der Waals surface area contributed by atoms with Crippen molar-refractivity contribution in [3.05, 3.63) is 18.2 Å². The Hall–Kier alpha value is -1.34. The first kappa shape index (κ1) is 12.1. The summed E-state index contributed by atoms with van der Waals surface area (Å²) in [6, 6.07) is 2.63. The fourth-order valence-corrected chi connectivity index (χ4v) is 2.53. The van der Waals surface area contributed by atoms with E-state index >= 15 is 0 Å². The predicted octanol–water partition coefficient (Wildman–Crippen LogP) is 2.39. The number of aryl methyl sites for hydroxylation is 1. The van der Waals surface area contributed by atoms with E-state index in [0.717, 1.165) is 12.2 Å². The summed E-state index contributed by atoms with van der Waals surface area (Å²) in [4.78, 5) is 4.13. The lowest BCUT2D eigenvalue weighted by Gasteiger charge is -2.25. The van der Waals surface area contributed by atoms with Gasteiger partial charge in [0.1, 0.15) is 6.04 Å². The molecule has 4 heteroatoms. The van der Waals surface area contributed by atoms with Crippen molar-refractivity contribution in [2.45, 2.75) is 57.7 Å².